The van der Waals surface area contributed by atoms with Crippen LogP contribution >= 0.6 is 11.6 Å². The number of nitrogens with zero attached hydrogens (tertiary/aromatic N) is 4. The summed E-state index contributed by atoms with van der Waals surface area (Å²) in [4.78, 5) is 9.08. The van der Waals surface area contributed by atoms with Gasteiger partial charge >= 0.3 is 6.01 Å². The highest BCUT2D eigenvalue weighted by Crippen LogP contribution is 2.25. The Morgan fingerprint density at radius 1 is 1.13 bits per heavy atom. The lowest BCUT2D eigenvalue weighted by Gasteiger charge is -2.36. The minimum Gasteiger partial charge on any atom is -0.369 e. The summed E-state index contributed by atoms with van der Waals surface area (Å²) < 4.78 is 19.0. The Balaban J connectivity index is 1.20. The summed E-state index contributed by atoms with van der Waals surface area (Å²) in [7, 11) is 0. The molecule has 2 heterocycles. The van der Waals surface area contributed by atoms with Crippen molar-refractivity contribution in [2.45, 2.75) is 13.3 Å². The molecule has 0 spiro atoms. The molecule has 1 N–H and O–H groups in total. The third kappa shape index (κ3) is 4.91. The summed E-state index contributed by atoms with van der Waals surface area (Å²) in [6.07, 6.45) is 0.952. The molecule has 4 rings (SSSR count). The van der Waals surface area contributed by atoms with Crippen LogP contribution in [0.1, 0.15) is 12.0 Å². The molecule has 1 aromatic heterocycles. The molecule has 1 fully saturated rings. The zero-order chi connectivity index (χ0) is 20.9. The lowest BCUT2D eigenvalue weighted by Crippen LogP contribution is -2.47. The summed E-state index contributed by atoms with van der Waals surface area (Å²) in [5.41, 5.74) is 2.82. The molecule has 1 aliphatic heterocycles. The van der Waals surface area contributed by atoms with Crippen molar-refractivity contribution in [1.82, 2.24) is 15.0 Å². The SMILES string of the molecule is Cc1ccc(Cl)cc1N1CCN(CCCNc2nc(-c3ccccc3F)no2)CC1. The Kier molecular flexibility index (Phi) is 6.50. The second-order valence-electron chi connectivity index (χ2n) is 7.44. The first-order chi connectivity index (χ1) is 14.6. The van der Waals surface area contributed by atoms with Crippen LogP contribution in [-0.2, 0) is 0 Å². The lowest BCUT2D eigenvalue weighted by atomic mass is 10.1. The van der Waals surface area contributed by atoms with Gasteiger partial charge in [0.15, 0.2) is 0 Å². The van der Waals surface area contributed by atoms with Crippen LogP contribution in [-0.4, -0.2) is 54.3 Å². The zero-order valence-corrected chi connectivity index (χ0v) is 17.7. The largest absolute Gasteiger partial charge is 0.369 e. The maximum atomic E-state index is 13.8. The fraction of sp³-hybridized carbons (Fsp3) is 0.364. The monoisotopic (exact) mass is 429 g/mol. The summed E-state index contributed by atoms with van der Waals surface area (Å²) in [6.45, 7) is 7.84. The quantitative estimate of drug-likeness (QED) is 0.559. The third-order valence-corrected chi connectivity index (χ3v) is 5.59. The molecule has 0 bridgehead atoms. The van der Waals surface area contributed by atoms with E-state index in [-0.39, 0.29) is 11.6 Å². The number of hydrogen-bond acceptors (Lipinski definition) is 6. The number of rotatable bonds is 7. The normalized spacial score (nSPS) is 14.8. The smallest absolute Gasteiger partial charge is 0.321 e. The average Bonchev–Trinajstić information content (AvgIpc) is 3.22. The molecule has 0 unspecified atom stereocenters. The molecule has 2 aromatic carbocycles. The van der Waals surface area contributed by atoms with Crippen LogP contribution in [0.3, 0.4) is 0 Å². The average molecular weight is 430 g/mol. The number of aryl methyl sites for hydroxylation is 1. The Bertz CT molecular complexity index is 987. The molecule has 1 aliphatic rings. The van der Waals surface area contributed by atoms with Crippen molar-refractivity contribution in [3.05, 3.63) is 58.9 Å². The van der Waals surface area contributed by atoms with Gasteiger partial charge in [-0.3, -0.25) is 4.90 Å². The number of hydrogen-bond donors (Lipinski definition) is 1. The summed E-state index contributed by atoms with van der Waals surface area (Å²) in [5, 5.41) is 7.76. The fourth-order valence-electron chi connectivity index (χ4n) is 3.68. The van der Waals surface area contributed by atoms with Crippen molar-refractivity contribution in [2.24, 2.45) is 0 Å². The first kappa shape index (κ1) is 20.6. The minimum absolute atomic E-state index is 0.253. The van der Waals surface area contributed by atoms with Crippen LogP contribution in [0.15, 0.2) is 47.0 Å². The number of benzene rings is 2. The number of nitrogens with one attached hydrogen (secondary N) is 1. The van der Waals surface area contributed by atoms with E-state index in [2.05, 4.69) is 44.3 Å². The zero-order valence-electron chi connectivity index (χ0n) is 16.9. The van der Waals surface area contributed by atoms with Gasteiger partial charge in [0, 0.05) is 43.4 Å². The minimum atomic E-state index is -0.364. The van der Waals surface area contributed by atoms with E-state index in [9.17, 15) is 4.39 Å². The molecular formula is C22H25ClFN5O. The van der Waals surface area contributed by atoms with Crippen molar-refractivity contribution in [1.29, 1.82) is 0 Å². The number of halogens is 2. The molecule has 1 saturated heterocycles. The van der Waals surface area contributed by atoms with Gasteiger partial charge in [-0.15, -0.1) is 0 Å². The summed E-state index contributed by atoms with van der Waals surface area (Å²) in [5.74, 6) is -0.111. The maximum Gasteiger partial charge on any atom is 0.321 e. The van der Waals surface area contributed by atoms with Crippen LogP contribution in [0.5, 0.6) is 0 Å². The standard InChI is InChI=1S/C22H25ClFN5O/c1-16-7-8-17(23)15-20(16)29-13-11-28(12-14-29)10-4-9-25-22-26-21(27-30-22)18-5-2-3-6-19(18)24/h2-3,5-8,15H,4,9-14H2,1H3,(H,25,26,27). The van der Waals surface area contributed by atoms with E-state index in [0.29, 0.717) is 18.1 Å². The molecule has 0 radical (unpaired) electrons. The first-order valence-electron chi connectivity index (χ1n) is 10.2. The van der Waals surface area contributed by atoms with Crippen molar-refractivity contribution >= 4 is 23.3 Å². The van der Waals surface area contributed by atoms with Gasteiger partial charge in [0.1, 0.15) is 5.82 Å². The van der Waals surface area contributed by atoms with Gasteiger partial charge in [-0.25, -0.2) is 4.39 Å². The highest BCUT2D eigenvalue weighted by molar-refractivity contribution is 6.30. The first-order valence-corrected chi connectivity index (χ1v) is 10.5. The van der Waals surface area contributed by atoms with Crippen molar-refractivity contribution < 1.29 is 8.91 Å². The van der Waals surface area contributed by atoms with E-state index in [4.69, 9.17) is 16.1 Å². The van der Waals surface area contributed by atoms with Crippen LogP contribution < -0.4 is 10.2 Å². The Hall–Kier alpha value is -2.64. The molecule has 0 aliphatic carbocycles. The van der Waals surface area contributed by atoms with Gasteiger partial charge in [-0.1, -0.05) is 35.0 Å². The van der Waals surface area contributed by atoms with Crippen molar-refractivity contribution in [3.8, 4) is 11.4 Å². The second kappa shape index (κ2) is 9.45. The molecule has 8 heteroatoms. The van der Waals surface area contributed by atoms with Crippen LogP contribution in [0.4, 0.5) is 16.1 Å². The fourth-order valence-corrected chi connectivity index (χ4v) is 3.85. The number of piperazine rings is 1. The van der Waals surface area contributed by atoms with Gasteiger partial charge in [0.2, 0.25) is 5.82 Å². The van der Waals surface area contributed by atoms with Gasteiger partial charge in [0.05, 0.1) is 5.56 Å². The number of aromatic nitrogens is 2. The van der Waals surface area contributed by atoms with E-state index in [1.54, 1.807) is 18.2 Å². The van der Waals surface area contributed by atoms with E-state index >= 15 is 0 Å². The molecule has 0 atom stereocenters. The molecule has 30 heavy (non-hydrogen) atoms. The molecule has 6 nitrogen and oxygen atoms in total. The Morgan fingerprint density at radius 3 is 2.73 bits per heavy atom. The van der Waals surface area contributed by atoms with Gasteiger partial charge in [-0.2, -0.15) is 4.98 Å². The Morgan fingerprint density at radius 2 is 1.93 bits per heavy atom. The van der Waals surface area contributed by atoms with Gasteiger partial charge in [0.25, 0.3) is 0 Å². The third-order valence-electron chi connectivity index (χ3n) is 5.35. The predicted octanol–water partition coefficient (Wildman–Crippen LogP) is 4.46. The molecular weight excluding hydrogens is 405 g/mol. The predicted molar refractivity (Wildman–Crippen MR) is 118 cm³/mol. The van der Waals surface area contributed by atoms with Crippen molar-refractivity contribution in [2.75, 3.05) is 49.5 Å². The molecule has 0 amide bonds. The van der Waals surface area contributed by atoms with Crippen LogP contribution in [0, 0.1) is 12.7 Å². The van der Waals surface area contributed by atoms with E-state index in [1.165, 1.54) is 17.3 Å². The van der Waals surface area contributed by atoms with Crippen molar-refractivity contribution in [3.63, 3.8) is 0 Å². The summed E-state index contributed by atoms with van der Waals surface area (Å²) in [6, 6.07) is 12.8. The lowest BCUT2D eigenvalue weighted by molar-refractivity contribution is 0.257. The highest BCUT2D eigenvalue weighted by atomic mass is 35.5. The van der Waals surface area contributed by atoms with Crippen LogP contribution in [0.2, 0.25) is 5.02 Å². The number of anilines is 2. The molecule has 0 saturated carbocycles. The topological polar surface area (TPSA) is 57.4 Å². The molecule has 3 aromatic rings. The maximum absolute atomic E-state index is 13.8. The van der Waals surface area contributed by atoms with E-state index in [1.807, 2.05) is 6.07 Å². The molecule has 158 valence electrons. The Labute approximate surface area is 180 Å². The highest BCUT2D eigenvalue weighted by Gasteiger charge is 2.18. The second-order valence-corrected chi connectivity index (χ2v) is 7.88. The summed E-state index contributed by atoms with van der Waals surface area (Å²) >= 11 is 6.16. The van der Waals surface area contributed by atoms with Crippen LogP contribution in [0.25, 0.3) is 11.4 Å². The van der Waals surface area contributed by atoms with Gasteiger partial charge < -0.3 is 14.7 Å². The van der Waals surface area contributed by atoms with Gasteiger partial charge in [-0.05, 0) is 49.7 Å². The van der Waals surface area contributed by atoms with E-state index < -0.39 is 0 Å². The van der Waals surface area contributed by atoms with E-state index in [0.717, 1.165) is 44.2 Å².